The van der Waals surface area contributed by atoms with Gasteiger partial charge in [0.15, 0.2) is 0 Å². The summed E-state index contributed by atoms with van der Waals surface area (Å²) < 4.78 is 64.2. The minimum absolute atomic E-state index is 0.0227. The summed E-state index contributed by atoms with van der Waals surface area (Å²) in [6, 6.07) is 3.33. The zero-order valence-electron chi connectivity index (χ0n) is 16.5. The van der Waals surface area contributed by atoms with E-state index < -0.39 is 36.2 Å². The molecule has 0 bridgehead atoms. The molecule has 1 fully saturated rings. The van der Waals surface area contributed by atoms with Crippen molar-refractivity contribution in [2.45, 2.75) is 57.6 Å². The molecule has 2 aliphatic rings. The number of halogens is 3. The molecule has 0 radical (unpaired) electrons. The molecule has 0 spiro atoms. The molecule has 0 aromatic carbocycles. The number of pyridine rings is 1. The average molecular weight is 407 g/mol. The van der Waals surface area contributed by atoms with Crippen LogP contribution in [-0.4, -0.2) is 35.6 Å². The van der Waals surface area contributed by atoms with Crippen molar-refractivity contribution in [3.63, 3.8) is 0 Å². The SMILES string of the molecule is CC1(C)OB(C2=CCC(Oc3nccc4occc34)C=C2C(F)(F)F)OC1(C)C. The molecule has 2 aromatic heterocycles. The third-order valence-corrected chi connectivity index (χ3v) is 5.65. The lowest BCUT2D eigenvalue weighted by Gasteiger charge is -2.32. The molecule has 0 amide bonds. The normalized spacial score (nSPS) is 23.8. The van der Waals surface area contributed by atoms with E-state index >= 15 is 0 Å². The van der Waals surface area contributed by atoms with Crippen molar-refractivity contribution in [2.24, 2.45) is 0 Å². The summed E-state index contributed by atoms with van der Waals surface area (Å²) in [6.07, 6.45) is 0.344. The van der Waals surface area contributed by atoms with Crippen LogP contribution in [0.2, 0.25) is 0 Å². The molecular weight excluding hydrogens is 386 g/mol. The van der Waals surface area contributed by atoms with Crippen molar-refractivity contribution < 1.29 is 31.6 Å². The zero-order valence-corrected chi connectivity index (χ0v) is 16.5. The fourth-order valence-corrected chi connectivity index (χ4v) is 3.34. The number of fused-ring (bicyclic) bond motifs is 1. The van der Waals surface area contributed by atoms with E-state index in [1.54, 1.807) is 39.8 Å². The minimum Gasteiger partial charge on any atom is -0.469 e. The number of furan rings is 1. The van der Waals surface area contributed by atoms with Gasteiger partial charge in [-0.1, -0.05) is 6.08 Å². The number of nitrogens with zero attached hydrogens (tertiary/aromatic N) is 1. The highest BCUT2D eigenvalue weighted by Gasteiger charge is 2.55. The van der Waals surface area contributed by atoms with E-state index in [0.717, 1.165) is 6.08 Å². The molecule has 1 unspecified atom stereocenters. The van der Waals surface area contributed by atoms with Crippen molar-refractivity contribution in [1.82, 2.24) is 4.98 Å². The van der Waals surface area contributed by atoms with E-state index in [4.69, 9.17) is 18.5 Å². The standard InChI is InChI=1S/C20H21BF3NO4/c1-18(2)19(3,4)29-21(28-18)15-6-5-12(11-14(15)20(22,23)24)27-17-13-8-10-26-16(13)7-9-25-17/h6-12H,5H2,1-4H3. The zero-order chi connectivity index (χ0) is 21.0. The quantitative estimate of drug-likeness (QED) is 0.669. The first kappa shape index (κ1) is 20.0. The molecule has 3 heterocycles. The topological polar surface area (TPSA) is 53.7 Å². The summed E-state index contributed by atoms with van der Waals surface area (Å²) >= 11 is 0. The Bertz CT molecular complexity index is 977. The van der Waals surface area contributed by atoms with E-state index in [1.165, 1.54) is 18.5 Å². The largest absolute Gasteiger partial charge is 0.495 e. The molecule has 1 aliphatic heterocycles. The minimum atomic E-state index is -4.58. The Morgan fingerprint density at radius 3 is 2.48 bits per heavy atom. The molecule has 0 saturated carbocycles. The summed E-state index contributed by atoms with van der Waals surface area (Å²) in [7, 11) is -1.09. The van der Waals surface area contributed by atoms with Crippen LogP contribution >= 0.6 is 0 Å². The van der Waals surface area contributed by atoms with Gasteiger partial charge in [-0.3, -0.25) is 0 Å². The maximum atomic E-state index is 13.8. The van der Waals surface area contributed by atoms with E-state index in [-0.39, 0.29) is 17.8 Å². The summed E-state index contributed by atoms with van der Waals surface area (Å²) in [5, 5.41) is 0.607. The molecule has 1 atom stereocenters. The van der Waals surface area contributed by atoms with Crippen LogP contribution in [0.15, 0.2) is 52.2 Å². The monoisotopic (exact) mass is 407 g/mol. The highest BCUT2D eigenvalue weighted by Crippen LogP contribution is 2.44. The Morgan fingerprint density at radius 1 is 1.14 bits per heavy atom. The molecule has 0 N–H and O–H groups in total. The van der Waals surface area contributed by atoms with Gasteiger partial charge in [0.05, 0.1) is 28.4 Å². The number of hydrogen-bond acceptors (Lipinski definition) is 5. The maximum Gasteiger partial charge on any atom is 0.495 e. The van der Waals surface area contributed by atoms with Crippen LogP contribution in [0.3, 0.4) is 0 Å². The van der Waals surface area contributed by atoms with Crippen molar-refractivity contribution >= 4 is 18.1 Å². The van der Waals surface area contributed by atoms with Crippen LogP contribution in [0.1, 0.15) is 34.1 Å². The van der Waals surface area contributed by atoms with Gasteiger partial charge in [0.1, 0.15) is 11.7 Å². The van der Waals surface area contributed by atoms with Crippen LogP contribution < -0.4 is 4.74 Å². The number of rotatable bonds is 3. The fourth-order valence-electron chi connectivity index (χ4n) is 3.34. The van der Waals surface area contributed by atoms with Gasteiger partial charge in [-0.05, 0) is 51.4 Å². The Balaban J connectivity index is 1.62. The van der Waals surface area contributed by atoms with Crippen LogP contribution in [0.5, 0.6) is 5.88 Å². The predicted molar refractivity (Wildman–Crippen MR) is 101 cm³/mol. The van der Waals surface area contributed by atoms with Gasteiger partial charge in [-0.2, -0.15) is 13.2 Å². The lowest BCUT2D eigenvalue weighted by atomic mass is 9.70. The number of alkyl halides is 3. The van der Waals surface area contributed by atoms with Crippen molar-refractivity contribution in [1.29, 1.82) is 0 Å². The van der Waals surface area contributed by atoms with Gasteiger partial charge in [0, 0.05) is 12.6 Å². The molecule has 154 valence electrons. The maximum absolute atomic E-state index is 13.8. The van der Waals surface area contributed by atoms with Crippen molar-refractivity contribution in [3.8, 4) is 5.88 Å². The Morgan fingerprint density at radius 2 is 1.83 bits per heavy atom. The lowest BCUT2D eigenvalue weighted by molar-refractivity contribution is -0.0901. The van der Waals surface area contributed by atoms with Crippen molar-refractivity contribution in [2.75, 3.05) is 0 Å². The molecular formula is C20H21BF3NO4. The van der Waals surface area contributed by atoms with Crippen LogP contribution in [-0.2, 0) is 9.31 Å². The van der Waals surface area contributed by atoms with E-state index in [9.17, 15) is 13.2 Å². The third kappa shape index (κ3) is 3.57. The second kappa shape index (κ2) is 6.63. The van der Waals surface area contributed by atoms with Crippen molar-refractivity contribution in [3.05, 3.63) is 47.8 Å². The predicted octanol–water partition coefficient (Wildman–Crippen LogP) is 5.03. The lowest BCUT2D eigenvalue weighted by Crippen LogP contribution is -2.41. The Labute approximate surface area is 166 Å². The number of ether oxygens (including phenoxy) is 1. The van der Waals surface area contributed by atoms with Gasteiger partial charge < -0.3 is 18.5 Å². The van der Waals surface area contributed by atoms with Crippen LogP contribution in [0.25, 0.3) is 11.0 Å². The van der Waals surface area contributed by atoms with Gasteiger partial charge in [-0.25, -0.2) is 4.98 Å². The number of allylic oxidation sites excluding steroid dienone is 2. The smallest absolute Gasteiger partial charge is 0.469 e. The van der Waals surface area contributed by atoms with Gasteiger partial charge >= 0.3 is 13.3 Å². The Kier molecular flexibility index (Phi) is 4.58. The fraction of sp³-hybridized carbons (Fsp3) is 0.450. The highest BCUT2D eigenvalue weighted by atomic mass is 19.4. The summed E-state index contributed by atoms with van der Waals surface area (Å²) in [4.78, 5) is 4.13. The average Bonchev–Trinajstić information content (AvgIpc) is 3.17. The second-order valence-electron chi connectivity index (χ2n) is 8.17. The first-order chi connectivity index (χ1) is 13.5. The molecule has 1 saturated heterocycles. The molecule has 5 nitrogen and oxygen atoms in total. The number of hydrogen-bond donors (Lipinski definition) is 0. The summed E-state index contributed by atoms with van der Waals surface area (Å²) in [5.74, 6) is 0.228. The molecule has 4 rings (SSSR count). The highest BCUT2D eigenvalue weighted by molar-refractivity contribution is 6.56. The number of aromatic nitrogens is 1. The van der Waals surface area contributed by atoms with Crippen LogP contribution in [0.4, 0.5) is 13.2 Å². The van der Waals surface area contributed by atoms with E-state index in [2.05, 4.69) is 4.98 Å². The van der Waals surface area contributed by atoms with Gasteiger partial charge in [-0.15, -0.1) is 0 Å². The molecule has 29 heavy (non-hydrogen) atoms. The van der Waals surface area contributed by atoms with Crippen LogP contribution in [0, 0.1) is 0 Å². The van der Waals surface area contributed by atoms with E-state index in [1.807, 2.05) is 0 Å². The Hall–Kier alpha value is -2.26. The molecule has 2 aromatic rings. The van der Waals surface area contributed by atoms with Gasteiger partial charge in [0.25, 0.3) is 0 Å². The summed E-state index contributed by atoms with van der Waals surface area (Å²) in [5.41, 5.74) is -1.75. The second-order valence-corrected chi connectivity index (χ2v) is 8.17. The summed E-state index contributed by atoms with van der Waals surface area (Å²) in [6.45, 7) is 7.21. The van der Waals surface area contributed by atoms with E-state index in [0.29, 0.717) is 11.0 Å². The first-order valence-corrected chi connectivity index (χ1v) is 9.32. The third-order valence-electron chi connectivity index (χ3n) is 5.65. The molecule has 9 heteroatoms. The first-order valence-electron chi connectivity index (χ1n) is 9.32. The molecule has 1 aliphatic carbocycles. The van der Waals surface area contributed by atoms with Gasteiger partial charge in [0.2, 0.25) is 5.88 Å².